The van der Waals surface area contributed by atoms with Gasteiger partial charge in [-0.15, -0.1) is 0 Å². The van der Waals surface area contributed by atoms with E-state index in [4.69, 9.17) is 4.74 Å². The van der Waals surface area contributed by atoms with E-state index >= 15 is 0 Å². The fourth-order valence-electron chi connectivity index (χ4n) is 2.98. The maximum absolute atomic E-state index is 12.4. The van der Waals surface area contributed by atoms with Crippen LogP contribution in [0.2, 0.25) is 0 Å². The van der Waals surface area contributed by atoms with Gasteiger partial charge in [0.25, 0.3) is 5.91 Å². The molecule has 0 atom stereocenters. The van der Waals surface area contributed by atoms with Gasteiger partial charge >= 0.3 is 0 Å². The molecule has 1 aromatic carbocycles. The van der Waals surface area contributed by atoms with Crippen LogP contribution in [0.5, 0.6) is 5.75 Å². The molecule has 140 valence electrons. The Balaban J connectivity index is 2.15. The molecule has 2 rings (SSSR count). The van der Waals surface area contributed by atoms with Crippen molar-refractivity contribution in [3.05, 3.63) is 18.2 Å². The highest BCUT2D eigenvalue weighted by molar-refractivity contribution is 7.89. The molecule has 1 aliphatic rings. The maximum atomic E-state index is 12.4. The molecule has 0 aliphatic carbocycles. The lowest BCUT2D eigenvalue weighted by Crippen LogP contribution is -3.12. The first-order chi connectivity index (χ1) is 11.8. The van der Waals surface area contributed by atoms with Crippen LogP contribution in [0, 0.1) is 0 Å². The number of methoxy groups -OCH3 is 1. The zero-order chi connectivity index (χ0) is 18.4. The number of nitrogens with zero attached hydrogens (tertiary/aromatic N) is 1. The van der Waals surface area contributed by atoms with Crippen molar-refractivity contribution < 1.29 is 22.8 Å². The lowest BCUT2D eigenvalue weighted by atomic mass is 10.2. The summed E-state index contributed by atoms with van der Waals surface area (Å²) in [5, 5.41) is 2.81. The van der Waals surface area contributed by atoms with Crippen LogP contribution in [0.4, 0.5) is 5.69 Å². The lowest BCUT2D eigenvalue weighted by Gasteiger charge is -2.18. The number of sulfonamides is 1. The number of anilines is 1. The molecule has 8 heteroatoms. The summed E-state index contributed by atoms with van der Waals surface area (Å²) in [6.07, 6.45) is 4.73. The highest BCUT2D eigenvalue weighted by Crippen LogP contribution is 2.28. The van der Waals surface area contributed by atoms with E-state index in [9.17, 15) is 13.2 Å². The summed E-state index contributed by atoms with van der Waals surface area (Å²) in [5.41, 5.74) is 0.379. The molecule has 1 aromatic rings. The fourth-order valence-corrected chi connectivity index (χ4v) is 3.91. The minimum Gasteiger partial charge on any atom is -0.495 e. The highest BCUT2D eigenvalue weighted by atomic mass is 32.2. The van der Waals surface area contributed by atoms with Gasteiger partial charge in [0.2, 0.25) is 10.0 Å². The molecular weight excluding hydrogens is 342 g/mol. The summed E-state index contributed by atoms with van der Waals surface area (Å²) in [7, 11) is 0.866. The quantitative estimate of drug-likeness (QED) is 0.757. The second-order valence-corrected chi connectivity index (χ2v) is 8.69. The number of benzene rings is 1. The molecule has 0 bridgehead atoms. The van der Waals surface area contributed by atoms with Crippen molar-refractivity contribution in [2.45, 2.75) is 30.6 Å². The van der Waals surface area contributed by atoms with E-state index in [0.717, 1.165) is 30.2 Å². The molecule has 0 spiro atoms. The van der Waals surface area contributed by atoms with Crippen LogP contribution >= 0.6 is 0 Å². The number of ether oxygens (including phenoxy) is 1. The Kier molecular flexibility index (Phi) is 6.80. The first kappa shape index (κ1) is 19.7. The Morgan fingerprint density at radius 3 is 2.40 bits per heavy atom. The first-order valence-corrected chi connectivity index (χ1v) is 10.0. The Labute approximate surface area is 150 Å². The number of hydrogen-bond acceptors (Lipinski definition) is 4. The molecular formula is C17H28N3O4S+. The third kappa shape index (κ3) is 5.17. The second-order valence-electron chi connectivity index (χ2n) is 6.54. The molecule has 1 aliphatic heterocycles. The number of likely N-dealkylation sites (tertiary alicyclic amines) is 1. The van der Waals surface area contributed by atoms with Crippen LogP contribution in [0.25, 0.3) is 0 Å². The predicted octanol–water partition coefficient (Wildman–Crippen LogP) is 0.343. The van der Waals surface area contributed by atoms with E-state index < -0.39 is 10.0 Å². The number of rotatable bonds is 6. The van der Waals surface area contributed by atoms with E-state index in [1.165, 1.54) is 51.1 Å². The van der Waals surface area contributed by atoms with Crippen LogP contribution in [-0.4, -0.2) is 59.5 Å². The molecule has 1 saturated heterocycles. The van der Waals surface area contributed by atoms with Gasteiger partial charge in [0.05, 0.1) is 30.8 Å². The van der Waals surface area contributed by atoms with E-state index in [-0.39, 0.29) is 10.8 Å². The molecule has 7 nitrogen and oxygen atoms in total. The summed E-state index contributed by atoms with van der Waals surface area (Å²) in [5.74, 6) is 0.312. The Morgan fingerprint density at radius 2 is 1.84 bits per heavy atom. The van der Waals surface area contributed by atoms with Gasteiger partial charge in [0.1, 0.15) is 5.75 Å². The summed E-state index contributed by atoms with van der Waals surface area (Å²) in [4.78, 5) is 13.8. The van der Waals surface area contributed by atoms with E-state index in [1.54, 1.807) is 6.07 Å². The van der Waals surface area contributed by atoms with Gasteiger partial charge in [-0.2, -0.15) is 0 Å². The van der Waals surface area contributed by atoms with Crippen molar-refractivity contribution in [2.24, 2.45) is 0 Å². The van der Waals surface area contributed by atoms with Crippen LogP contribution in [0.1, 0.15) is 25.7 Å². The average Bonchev–Trinajstić information content (AvgIpc) is 2.83. The van der Waals surface area contributed by atoms with Gasteiger partial charge < -0.3 is 15.0 Å². The number of carbonyl (C=O) groups is 1. The maximum Gasteiger partial charge on any atom is 0.279 e. The standard InChI is InChI=1S/C17H27N3O4S/c1-19(2)25(22,23)14-8-9-16(24-3)15(12-14)18-17(21)13-20-10-6-4-5-7-11-20/h8-9,12H,4-7,10-11,13H2,1-3H3,(H,18,21)/p+1. The largest absolute Gasteiger partial charge is 0.495 e. The van der Waals surface area contributed by atoms with Crippen molar-refractivity contribution in [2.75, 3.05) is 46.2 Å². The first-order valence-electron chi connectivity index (χ1n) is 8.58. The van der Waals surface area contributed by atoms with Gasteiger partial charge in [-0.25, -0.2) is 12.7 Å². The van der Waals surface area contributed by atoms with Crippen LogP contribution in [-0.2, 0) is 14.8 Å². The summed E-state index contributed by atoms with van der Waals surface area (Å²) >= 11 is 0. The normalized spacial score (nSPS) is 16.5. The lowest BCUT2D eigenvalue weighted by molar-refractivity contribution is -0.890. The average molecular weight is 370 g/mol. The fraction of sp³-hybridized carbons (Fsp3) is 0.588. The summed E-state index contributed by atoms with van der Waals surface area (Å²) < 4.78 is 31.0. The molecule has 2 N–H and O–H groups in total. The SMILES string of the molecule is COc1ccc(S(=O)(=O)N(C)C)cc1NC(=O)C[NH+]1CCCCCC1. The number of nitrogens with one attached hydrogen (secondary N) is 2. The minimum absolute atomic E-state index is 0.121. The molecule has 25 heavy (non-hydrogen) atoms. The van der Waals surface area contributed by atoms with Crippen molar-refractivity contribution in [1.29, 1.82) is 0 Å². The topological polar surface area (TPSA) is 80.2 Å². The molecule has 0 aromatic heterocycles. The number of quaternary nitrogens is 1. The molecule has 1 amide bonds. The summed E-state index contributed by atoms with van der Waals surface area (Å²) in [6, 6.07) is 4.48. The zero-order valence-corrected chi connectivity index (χ0v) is 16.0. The number of carbonyl (C=O) groups excluding carboxylic acids is 1. The van der Waals surface area contributed by atoms with Crippen LogP contribution in [0.3, 0.4) is 0 Å². The van der Waals surface area contributed by atoms with Crippen LogP contribution < -0.4 is 15.0 Å². The third-order valence-corrected chi connectivity index (χ3v) is 6.26. The van der Waals surface area contributed by atoms with E-state index in [1.807, 2.05) is 0 Å². The van der Waals surface area contributed by atoms with Crippen molar-refractivity contribution in [3.63, 3.8) is 0 Å². The van der Waals surface area contributed by atoms with Gasteiger partial charge in [-0.3, -0.25) is 4.79 Å². The predicted molar refractivity (Wildman–Crippen MR) is 96.5 cm³/mol. The zero-order valence-electron chi connectivity index (χ0n) is 15.2. The molecule has 0 radical (unpaired) electrons. The van der Waals surface area contributed by atoms with E-state index in [2.05, 4.69) is 5.32 Å². The molecule has 1 fully saturated rings. The second kappa shape index (κ2) is 8.64. The molecule has 0 unspecified atom stereocenters. The van der Waals surface area contributed by atoms with Crippen LogP contribution in [0.15, 0.2) is 23.1 Å². The third-order valence-electron chi connectivity index (χ3n) is 4.44. The summed E-state index contributed by atoms with van der Waals surface area (Å²) in [6.45, 7) is 2.38. The molecule has 1 heterocycles. The number of hydrogen-bond donors (Lipinski definition) is 2. The Bertz CT molecular complexity index is 696. The molecule has 0 saturated carbocycles. The smallest absolute Gasteiger partial charge is 0.279 e. The Morgan fingerprint density at radius 1 is 1.20 bits per heavy atom. The Hall–Kier alpha value is -1.64. The van der Waals surface area contributed by atoms with Gasteiger partial charge in [0.15, 0.2) is 6.54 Å². The van der Waals surface area contributed by atoms with Gasteiger partial charge in [0, 0.05) is 14.1 Å². The van der Waals surface area contributed by atoms with Gasteiger partial charge in [-0.1, -0.05) is 0 Å². The van der Waals surface area contributed by atoms with Crippen molar-refractivity contribution in [3.8, 4) is 5.75 Å². The van der Waals surface area contributed by atoms with Crippen molar-refractivity contribution >= 4 is 21.6 Å². The highest BCUT2D eigenvalue weighted by Gasteiger charge is 2.21. The van der Waals surface area contributed by atoms with E-state index in [0.29, 0.717) is 18.0 Å². The number of amides is 1. The minimum atomic E-state index is -3.57. The van der Waals surface area contributed by atoms with Gasteiger partial charge in [-0.05, 0) is 43.9 Å². The van der Waals surface area contributed by atoms with Crippen molar-refractivity contribution in [1.82, 2.24) is 4.31 Å². The monoisotopic (exact) mass is 370 g/mol.